The minimum atomic E-state index is -0.667. The van der Waals surface area contributed by atoms with Crippen LogP contribution in [0.4, 0.5) is 0 Å². The van der Waals surface area contributed by atoms with Crippen molar-refractivity contribution >= 4 is 41.7 Å². The van der Waals surface area contributed by atoms with Gasteiger partial charge < -0.3 is 15.7 Å². The van der Waals surface area contributed by atoms with Gasteiger partial charge in [0.1, 0.15) is 0 Å². The number of nitrogens with one attached hydrogen (secondary N) is 2. The third-order valence-corrected chi connectivity index (χ3v) is 5.35. The largest absolute Gasteiger partial charge is 0.388 e. The fourth-order valence-electron chi connectivity index (χ4n) is 2.50. The maximum absolute atomic E-state index is 10.3. The molecule has 0 saturated heterocycles. The molecule has 0 heterocycles. The van der Waals surface area contributed by atoms with Gasteiger partial charge in [0.15, 0.2) is 5.96 Å². The van der Waals surface area contributed by atoms with Crippen LogP contribution in [0.5, 0.6) is 0 Å². The molecule has 0 aromatic heterocycles. The van der Waals surface area contributed by atoms with Crippen LogP contribution in [-0.4, -0.2) is 47.3 Å². The molecule has 0 aromatic carbocycles. The number of rotatable bonds is 7. The van der Waals surface area contributed by atoms with Gasteiger partial charge in [-0.3, -0.25) is 4.99 Å². The summed E-state index contributed by atoms with van der Waals surface area (Å²) in [5.74, 6) is 0.847. The highest BCUT2D eigenvalue weighted by Gasteiger charge is 2.25. The van der Waals surface area contributed by atoms with Crippen molar-refractivity contribution in [1.82, 2.24) is 10.6 Å². The summed E-state index contributed by atoms with van der Waals surface area (Å²) in [4.78, 5) is 4.58. The van der Waals surface area contributed by atoms with E-state index in [0.717, 1.165) is 30.6 Å². The van der Waals surface area contributed by atoms with Gasteiger partial charge in [-0.05, 0) is 45.3 Å². The SMILES string of the molecule is CCNC(=NCC(O)(CC)CC)NC1CCC(SC)C1.I. The molecule has 6 heteroatoms. The summed E-state index contributed by atoms with van der Waals surface area (Å²) in [6.07, 6.45) is 7.37. The molecule has 2 atom stereocenters. The third kappa shape index (κ3) is 7.41. The smallest absolute Gasteiger partial charge is 0.191 e. The molecule has 1 saturated carbocycles. The summed E-state index contributed by atoms with van der Waals surface area (Å²) in [5.41, 5.74) is -0.667. The predicted molar refractivity (Wildman–Crippen MR) is 105 cm³/mol. The highest BCUT2D eigenvalue weighted by molar-refractivity contribution is 14.0. The van der Waals surface area contributed by atoms with Crippen LogP contribution in [0.15, 0.2) is 4.99 Å². The standard InChI is InChI=1S/C15H31N3OS.HI/c1-5-15(19,6-2)11-17-14(16-7-3)18-12-8-9-13(10-12)20-4;/h12-13,19H,5-11H2,1-4H3,(H2,16,17,18);1H. The van der Waals surface area contributed by atoms with E-state index in [4.69, 9.17) is 0 Å². The lowest BCUT2D eigenvalue weighted by Crippen LogP contribution is -2.44. The van der Waals surface area contributed by atoms with E-state index >= 15 is 0 Å². The van der Waals surface area contributed by atoms with E-state index in [-0.39, 0.29) is 24.0 Å². The third-order valence-electron chi connectivity index (χ3n) is 4.25. The van der Waals surface area contributed by atoms with Crippen LogP contribution >= 0.6 is 35.7 Å². The van der Waals surface area contributed by atoms with E-state index in [2.05, 4.69) is 28.8 Å². The topological polar surface area (TPSA) is 56.7 Å². The van der Waals surface area contributed by atoms with E-state index in [1.54, 1.807) is 0 Å². The molecule has 0 aliphatic heterocycles. The molecule has 3 N–H and O–H groups in total. The summed E-state index contributed by atoms with van der Waals surface area (Å²) < 4.78 is 0. The maximum Gasteiger partial charge on any atom is 0.191 e. The van der Waals surface area contributed by atoms with Crippen LogP contribution in [0.2, 0.25) is 0 Å². The van der Waals surface area contributed by atoms with Crippen LogP contribution in [-0.2, 0) is 0 Å². The van der Waals surface area contributed by atoms with Crippen molar-refractivity contribution < 1.29 is 5.11 Å². The average molecular weight is 429 g/mol. The quantitative estimate of drug-likeness (QED) is 0.331. The first-order valence-electron chi connectivity index (χ1n) is 7.86. The minimum Gasteiger partial charge on any atom is -0.388 e. The zero-order valence-electron chi connectivity index (χ0n) is 13.8. The number of aliphatic imine (C=N–C) groups is 1. The highest BCUT2D eigenvalue weighted by Crippen LogP contribution is 2.28. The van der Waals surface area contributed by atoms with Gasteiger partial charge in [-0.15, -0.1) is 24.0 Å². The van der Waals surface area contributed by atoms with E-state index in [1.807, 2.05) is 25.6 Å². The Morgan fingerprint density at radius 1 is 1.29 bits per heavy atom. The molecule has 0 radical (unpaired) electrons. The summed E-state index contributed by atoms with van der Waals surface area (Å²) in [7, 11) is 0. The van der Waals surface area contributed by atoms with Crippen LogP contribution in [0.3, 0.4) is 0 Å². The van der Waals surface area contributed by atoms with Crippen molar-refractivity contribution in [2.75, 3.05) is 19.3 Å². The fraction of sp³-hybridized carbons (Fsp3) is 0.933. The fourth-order valence-corrected chi connectivity index (χ4v) is 3.30. The Morgan fingerprint density at radius 3 is 2.43 bits per heavy atom. The van der Waals surface area contributed by atoms with Gasteiger partial charge >= 0.3 is 0 Å². The first-order valence-corrected chi connectivity index (χ1v) is 9.15. The number of halogens is 1. The van der Waals surface area contributed by atoms with Crippen LogP contribution < -0.4 is 10.6 Å². The average Bonchev–Trinajstić information content (AvgIpc) is 2.92. The lowest BCUT2D eigenvalue weighted by molar-refractivity contribution is 0.0417. The molecule has 4 nitrogen and oxygen atoms in total. The van der Waals surface area contributed by atoms with Crippen molar-refractivity contribution in [2.45, 2.75) is 69.8 Å². The molecule has 1 aliphatic carbocycles. The van der Waals surface area contributed by atoms with Crippen LogP contribution in [0, 0.1) is 0 Å². The van der Waals surface area contributed by atoms with E-state index in [0.29, 0.717) is 12.6 Å². The molecular formula is C15H32IN3OS. The molecule has 2 unspecified atom stereocenters. The van der Waals surface area contributed by atoms with Gasteiger partial charge in [0.05, 0.1) is 12.1 Å². The number of thioether (sulfide) groups is 1. The second kappa shape index (κ2) is 10.9. The zero-order valence-corrected chi connectivity index (χ0v) is 17.0. The molecule has 0 aromatic rings. The maximum atomic E-state index is 10.3. The van der Waals surface area contributed by atoms with Crippen molar-refractivity contribution in [3.8, 4) is 0 Å². The normalized spacial score (nSPS) is 22.8. The lowest BCUT2D eigenvalue weighted by Gasteiger charge is -2.24. The second-order valence-electron chi connectivity index (χ2n) is 5.64. The summed E-state index contributed by atoms with van der Waals surface area (Å²) in [5, 5.41) is 17.9. The number of guanidine groups is 1. The van der Waals surface area contributed by atoms with Gasteiger partial charge in [-0.25, -0.2) is 0 Å². The Bertz CT molecular complexity index is 311. The van der Waals surface area contributed by atoms with Crippen molar-refractivity contribution in [2.24, 2.45) is 4.99 Å². The number of aliphatic hydroxyl groups is 1. The Labute approximate surface area is 151 Å². The van der Waals surface area contributed by atoms with E-state index in [1.165, 1.54) is 19.3 Å². The highest BCUT2D eigenvalue weighted by atomic mass is 127. The Hall–Kier alpha value is 0.310. The first-order chi connectivity index (χ1) is 9.56. The molecule has 1 fully saturated rings. The van der Waals surface area contributed by atoms with E-state index < -0.39 is 5.60 Å². The molecule has 0 amide bonds. The Kier molecular flexibility index (Phi) is 11.1. The van der Waals surface area contributed by atoms with Gasteiger partial charge in [0, 0.05) is 17.8 Å². The van der Waals surface area contributed by atoms with Gasteiger partial charge in [0.25, 0.3) is 0 Å². The van der Waals surface area contributed by atoms with Gasteiger partial charge in [0.2, 0.25) is 0 Å². The number of hydrogen-bond donors (Lipinski definition) is 3. The summed E-state index contributed by atoms with van der Waals surface area (Å²) >= 11 is 1.96. The molecular weight excluding hydrogens is 397 g/mol. The van der Waals surface area contributed by atoms with Gasteiger partial charge in [-0.2, -0.15) is 11.8 Å². The van der Waals surface area contributed by atoms with Crippen molar-refractivity contribution in [3.05, 3.63) is 0 Å². The molecule has 1 rings (SSSR count). The molecule has 21 heavy (non-hydrogen) atoms. The second-order valence-corrected chi connectivity index (χ2v) is 6.78. The summed E-state index contributed by atoms with van der Waals surface area (Å²) in [6.45, 7) is 7.41. The van der Waals surface area contributed by atoms with Crippen molar-refractivity contribution in [3.63, 3.8) is 0 Å². The molecule has 0 spiro atoms. The summed E-state index contributed by atoms with van der Waals surface area (Å²) in [6, 6.07) is 0.515. The Balaban J connectivity index is 0.00000400. The lowest BCUT2D eigenvalue weighted by atomic mass is 9.98. The zero-order chi connectivity index (χ0) is 15.0. The molecule has 0 bridgehead atoms. The first kappa shape index (κ1) is 21.3. The number of hydrogen-bond acceptors (Lipinski definition) is 3. The van der Waals surface area contributed by atoms with Crippen LogP contribution in [0.25, 0.3) is 0 Å². The number of nitrogens with zero attached hydrogens (tertiary/aromatic N) is 1. The predicted octanol–water partition coefficient (Wildman–Crippen LogP) is 2.99. The molecule has 126 valence electrons. The monoisotopic (exact) mass is 429 g/mol. The Morgan fingerprint density at radius 2 is 1.95 bits per heavy atom. The van der Waals surface area contributed by atoms with Crippen LogP contribution in [0.1, 0.15) is 52.9 Å². The van der Waals surface area contributed by atoms with Crippen molar-refractivity contribution in [1.29, 1.82) is 0 Å². The molecule has 1 aliphatic rings. The minimum absolute atomic E-state index is 0. The van der Waals surface area contributed by atoms with E-state index in [9.17, 15) is 5.11 Å². The van der Waals surface area contributed by atoms with Gasteiger partial charge in [-0.1, -0.05) is 13.8 Å².